The van der Waals surface area contributed by atoms with Gasteiger partial charge in [0.25, 0.3) is 5.91 Å². The molecule has 2 aromatic carbocycles. The van der Waals surface area contributed by atoms with E-state index in [2.05, 4.69) is 5.32 Å². The van der Waals surface area contributed by atoms with E-state index in [1.54, 1.807) is 12.1 Å². The standard InChI is InChI=1S/C18H16Cl2FNO4/c19-13-8-12(21)2-3-15(13)26-10-17(23)22-9-11-6-14(20)18-16(7-11)24-4-1-5-25-18/h2-3,6-8H,1,4-5,9-10H2,(H,22,23). The first-order valence-corrected chi connectivity index (χ1v) is 8.71. The summed E-state index contributed by atoms with van der Waals surface area (Å²) in [5.74, 6) is 0.496. The fourth-order valence-electron chi connectivity index (χ4n) is 2.37. The number of nitrogens with one attached hydrogen (secondary N) is 1. The van der Waals surface area contributed by atoms with Crippen molar-refractivity contribution in [3.8, 4) is 17.2 Å². The van der Waals surface area contributed by atoms with Crippen LogP contribution in [0.1, 0.15) is 12.0 Å². The number of rotatable bonds is 5. The zero-order valence-electron chi connectivity index (χ0n) is 13.7. The third kappa shape index (κ3) is 4.71. The predicted octanol–water partition coefficient (Wildman–Crippen LogP) is 3.99. The average Bonchev–Trinajstić information content (AvgIpc) is 2.85. The topological polar surface area (TPSA) is 56.8 Å². The van der Waals surface area contributed by atoms with Gasteiger partial charge in [0.05, 0.1) is 23.3 Å². The minimum absolute atomic E-state index is 0.104. The molecule has 0 aliphatic carbocycles. The maximum atomic E-state index is 13.0. The fourth-order valence-corrected chi connectivity index (χ4v) is 2.88. The number of carbonyl (C=O) groups excluding carboxylic acids is 1. The molecule has 3 rings (SSSR count). The zero-order chi connectivity index (χ0) is 18.5. The number of fused-ring (bicyclic) bond motifs is 1. The van der Waals surface area contributed by atoms with E-state index in [0.29, 0.717) is 29.7 Å². The van der Waals surface area contributed by atoms with E-state index in [1.165, 1.54) is 12.1 Å². The number of benzene rings is 2. The summed E-state index contributed by atoms with van der Waals surface area (Å²) in [6, 6.07) is 7.19. The zero-order valence-corrected chi connectivity index (χ0v) is 15.2. The Bertz CT molecular complexity index is 816. The molecule has 0 aromatic heterocycles. The van der Waals surface area contributed by atoms with Gasteiger partial charge in [-0.1, -0.05) is 23.2 Å². The number of hydrogen-bond acceptors (Lipinski definition) is 4. The lowest BCUT2D eigenvalue weighted by Gasteiger charge is -2.12. The van der Waals surface area contributed by atoms with Crippen LogP contribution in [0, 0.1) is 5.82 Å². The van der Waals surface area contributed by atoms with E-state index in [1.807, 2.05) is 0 Å². The number of hydrogen-bond donors (Lipinski definition) is 1. The number of carbonyl (C=O) groups is 1. The molecule has 5 nitrogen and oxygen atoms in total. The smallest absolute Gasteiger partial charge is 0.258 e. The Hall–Kier alpha value is -2.18. The molecule has 0 bridgehead atoms. The summed E-state index contributed by atoms with van der Waals surface area (Å²) in [5.41, 5.74) is 0.771. The summed E-state index contributed by atoms with van der Waals surface area (Å²) < 4.78 is 29.5. The molecule has 0 atom stereocenters. The van der Waals surface area contributed by atoms with Crippen molar-refractivity contribution >= 4 is 29.1 Å². The van der Waals surface area contributed by atoms with Crippen molar-refractivity contribution in [1.29, 1.82) is 0 Å². The van der Waals surface area contributed by atoms with Crippen LogP contribution in [0.25, 0.3) is 0 Å². The molecule has 0 unspecified atom stereocenters. The first kappa shape index (κ1) is 18.6. The summed E-state index contributed by atoms with van der Waals surface area (Å²) in [4.78, 5) is 12.0. The van der Waals surface area contributed by atoms with Crippen molar-refractivity contribution in [3.63, 3.8) is 0 Å². The van der Waals surface area contributed by atoms with Crippen LogP contribution in [0.5, 0.6) is 17.2 Å². The molecule has 1 aliphatic heterocycles. The van der Waals surface area contributed by atoms with Gasteiger partial charge in [-0.25, -0.2) is 4.39 Å². The SMILES string of the molecule is O=C(COc1ccc(F)cc1Cl)NCc1cc(Cl)c2c(c1)OCCCO2. The highest BCUT2D eigenvalue weighted by atomic mass is 35.5. The van der Waals surface area contributed by atoms with Gasteiger partial charge in [-0.05, 0) is 35.9 Å². The lowest BCUT2D eigenvalue weighted by atomic mass is 10.2. The fraction of sp³-hybridized carbons (Fsp3) is 0.278. The summed E-state index contributed by atoms with van der Waals surface area (Å²) in [6.45, 7) is 1.09. The van der Waals surface area contributed by atoms with Gasteiger partial charge in [-0.3, -0.25) is 4.79 Å². The Morgan fingerprint density at radius 3 is 2.77 bits per heavy atom. The lowest BCUT2D eigenvalue weighted by molar-refractivity contribution is -0.123. The second kappa shape index (κ2) is 8.47. The molecule has 0 spiro atoms. The van der Waals surface area contributed by atoms with Crippen LogP contribution in [0.4, 0.5) is 4.39 Å². The van der Waals surface area contributed by atoms with Crippen LogP contribution in [-0.2, 0) is 11.3 Å². The van der Waals surface area contributed by atoms with Gasteiger partial charge in [0.1, 0.15) is 11.6 Å². The summed E-state index contributed by atoms with van der Waals surface area (Å²) >= 11 is 12.1. The van der Waals surface area contributed by atoms with E-state index in [4.69, 9.17) is 37.4 Å². The maximum absolute atomic E-state index is 13.0. The molecule has 26 heavy (non-hydrogen) atoms. The highest BCUT2D eigenvalue weighted by molar-refractivity contribution is 6.32. The second-order valence-electron chi connectivity index (χ2n) is 5.60. The van der Waals surface area contributed by atoms with Gasteiger partial charge in [-0.15, -0.1) is 0 Å². The van der Waals surface area contributed by atoms with E-state index >= 15 is 0 Å². The molecule has 0 radical (unpaired) electrons. The van der Waals surface area contributed by atoms with E-state index < -0.39 is 5.82 Å². The van der Waals surface area contributed by atoms with Crippen molar-refractivity contribution < 1.29 is 23.4 Å². The summed E-state index contributed by atoms with van der Waals surface area (Å²) in [5, 5.41) is 3.25. The summed E-state index contributed by atoms with van der Waals surface area (Å²) in [6.07, 6.45) is 0.778. The Balaban J connectivity index is 1.56. The van der Waals surface area contributed by atoms with Gasteiger partial charge in [-0.2, -0.15) is 0 Å². The molecular weight excluding hydrogens is 384 g/mol. The number of ether oxygens (including phenoxy) is 3. The molecule has 1 aliphatic rings. The van der Waals surface area contributed by atoms with Crippen molar-refractivity contribution in [2.24, 2.45) is 0 Å². The second-order valence-corrected chi connectivity index (χ2v) is 6.41. The third-order valence-electron chi connectivity index (χ3n) is 3.60. The van der Waals surface area contributed by atoms with Crippen LogP contribution in [0.3, 0.4) is 0 Å². The molecule has 1 heterocycles. The summed E-state index contributed by atoms with van der Waals surface area (Å²) in [7, 11) is 0. The highest BCUT2D eigenvalue weighted by Crippen LogP contribution is 2.37. The molecule has 0 saturated carbocycles. The molecule has 1 N–H and O–H groups in total. The minimum atomic E-state index is -0.474. The van der Waals surface area contributed by atoms with E-state index in [-0.39, 0.29) is 29.8 Å². The molecular formula is C18H16Cl2FNO4. The Morgan fingerprint density at radius 1 is 1.15 bits per heavy atom. The molecule has 0 fully saturated rings. The first-order valence-electron chi connectivity index (χ1n) is 7.95. The van der Waals surface area contributed by atoms with Crippen molar-refractivity contribution in [2.45, 2.75) is 13.0 Å². The van der Waals surface area contributed by atoms with Crippen LogP contribution < -0.4 is 19.5 Å². The molecule has 138 valence electrons. The van der Waals surface area contributed by atoms with E-state index in [9.17, 15) is 9.18 Å². The van der Waals surface area contributed by atoms with Crippen molar-refractivity contribution in [1.82, 2.24) is 5.32 Å². The Labute approximate surface area is 159 Å². The maximum Gasteiger partial charge on any atom is 0.258 e. The largest absolute Gasteiger partial charge is 0.489 e. The van der Waals surface area contributed by atoms with Gasteiger partial charge < -0.3 is 19.5 Å². The Morgan fingerprint density at radius 2 is 1.96 bits per heavy atom. The highest BCUT2D eigenvalue weighted by Gasteiger charge is 2.16. The normalized spacial score (nSPS) is 13.0. The van der Waals surface area contributed by atoms with Gasteiger partial charge in [0.2, 0.25) is 0 Å². The molecule has 8 heteroatoms. The van der Waals surface area contributed by atoms with Gasteiger partial charge in [0, 0.05) is 13.0 Å². The average molecular weight is 400 g/mol. The van der Waals surface area contributed by atoms with Gasteiger partial charge >= 0.3 is 0 Å². The predicted molar refractivity (Wildman–Crippen MR) is 95.8 cm³/mol. The minimum Gasteiger partial charge on any atom is -0.489 e. The monoisotopic (exact) mass is 399 g/mol. The van der Waals surface area contributed by atoms with Crippen LogP contribution in [0.2, 0.25) is 10.0 Å². The molecule has 1 amide bonds. The Kier molecular flexibility index (Phi) is 6.06. The van der Waals surface area contributed by atoms with Crippen LogP contribution in [0.15, 0.2) is 30.3 Å². The van der Waals surface area contributed by atoms with Gasteiger partial charge in [0.15, 0.2) is 18.1 Å². The van der Waals surface area contributed by atoms with Crippen molar-refractivity contribution in [3.05, 3.63) is 51.8 Å². The quantitative estimate of drug-likeness (QED) is 0.825. The lowest BCUT2D eigenvalue weighted by Crippen LogP contribution is -2.28. The molecule has 0 saturated heterocycles. The van der Waals surface area contributed by atoms with Crippen LogP contribution in [-0.4, -0.2) is 25.7 Å². The molecule has 2 aromatic rings. The number of amides is 1. The van der Waals surface area contributed by atoms with E-state index in [0.717, 1.165) is 18.1 Å². The number of halogens is 3. The first-order chi connectivity index (χ1) is 12.5. The van der Waals surface area contributed by atoms with Crippen molar-refractivity contribution in [2.75, 3.05) is 19.8 Å². The third-order valence-corrected chi connectivity index (χ3v) is 4.18. The van der Waals surface area contributed by atoms with Crippen LogP contribution >= 0.6 is 23.2 Å².